The number of carbonyl (C=O) groups is 1. The van der Waals surface area contributed by atoms with Crippen molar-refractivity contribution in [3.63, 3.8) is 0 Å². The third-order valence-corrected chi connectivity index (χ3v) is 2.93. The van der Waals surface area contributed by atoms with Crippen LogP contribution in [0, 0.1) is 23.0 Å². The molecule has 5 heteroatoms. The summed E-state index contributed by atoms with van der Waals surface area (Å²) in [4.78, 5) is 11.7. The maximum Gasteiger partial charge on any atom is 0.224 e. The molecule has 0 atom stereocenters. The second kappa shape index (κ2) is 6.62. The highest BCUT2D eigenvalue weighted by atomic mass is 19.1. The summed E-state index contributed by atoms with van der Waals surface area (Å²) in [5, 5.41) is 11.2. The Morgan fingerprint density at radius 3 is 2.52 bits per heavy atom. The first-order chi connectivity index (χ1) is 10.1. The van der Waals surface area contributed by atoms with E-state index >= 15 is 0 Å². The Morgan fingerprint density at radius 2 is 1.86 bits per heavy atom. The minimum Gasteiger partial charge on any atom is -0.352 e. The number of halogens is 2. The third-order valence-electron chi connectivity index (χ3n) is 2.93. The number of nitriles is 1. The van der Waals surface area contributed by atoms with Gasteiger partial charge in [-0.15, -0.1) is 0 Å². The van der Waals surface area contributed by atoms with Gasteiger partial charge in [-0.2, -0.15) is 5.26 Å². The zero-order chi connectivity index (χ0) is 15.2. The van der Waals surface area contributed by atoms with E-state index in [9.17, 15) is 13.6 Å². The molecule has 0 aliphatic rings. The van der Waals surface area contributed by atoms with Gasteiger partial charge in [0.25, 0.3) is 0 Å². The summed E-state index contributed by atoms with van der Waals surface area (Å²) in [7, 11) is 0. The third kappa shape index (κ3) is 4.11. The number of amides is 1. The monoisotopic (exact) mass is 286 g/mol. The Bertz CT molecular complexity index is 690. The molecule has 0 aromatic heterocycles. The molecule has 2 aromatic rings. The van der Waals surface area contributed by atoms with Gasteiger partial charge < -0.3 is 5.32 Å². The van der Waals surface area contributed by atoms with Crippen LogP contribution in [0.2, 0.25) is 0 Å². The highest BCUT2D eigenvalue weighted by Crippen LogP contribution is 2.09. The predicted octanol–water partition coefficient (Wildman–Crippen LogP) is 2.70. The van der Waals surface area contributed by atoms with Crippen LogP contribution in [-0.2, 0) is 17.8 Å². The molecule has 1 amide bonds. The lowest BCUT2D eigenvalue weighted by molar-refractivity contribution is -0.120. The van der Waals surface area contributed by atoms with Gasteiger partial charge >= 0.3 is 0 Å². The number of nitrogens with zero attached hydrogens (tertiary/aromatic N) is 1. The molecular formula is C16H12F2N2O. The smallest absolute Gasteiger partial charge is 0.224 e. The molecule has 21 heavy (non-hydrogen) atoms. The first kappa shape index (κ1) is 14.7. The lowest BCUT2D eigenvalue weighted by Gasteiger charge is -2.07. The van der Waals surface area contributed by atoms with Crippen LogP contribution in [0.5, 0.6) is 0 Å². The summed E-state index contributed by atoms with van der Waals surface area (Å²) >= 11 is 0. The molecule has 106 valence electrons. The fourth-order valence-corrected chi connectivity index (χ4v) is 1.82. The van der Waals surface area contributed by atoms with Gasteiger partial charge in [0.1, 0.15) is 11.6 Å². The van der Waals surface area contributed by atoms with Crippen molar-refractivity contribution in [1.29, 1.82) is 5.26 Å². The van der Waals surface area contributed by atoms with Crippen LogP contribution < -0.4 is 5.32 Å². The molecule has 0 aliphatic carbocycles. The highest BCUT2D eigenvalue weighted by Gasteiger charge is 2.07. The van der Waals surface area contributed by atoms with Crippen LogP contribution in [0.3, 0.4) is 0 Å². The second-order valence-electron chi connectivity index (χ2n) is 4.50. The van der Waals surface area contributed by atoms with Crippen molar-refractivity contribution < 1.29 is 13.6 Å². The van der Waals surface area contributed by atoms with Gasteiger partial charge in [-0.1, -0.05) is 12.1 Å². The number of hydrogen-bond donors (Lipinski definition) is 1. The molecular weight excluding hydrogens is 274 g/mol. The van der Waals surface area contributed by atoms with E-state index in [2.05, 4.69) is 5.32 Å². The van der Waals surface area contributed by atoms with Crippen molar-refractivity contribution in [1.82, 2.24) is 5.32 Å². The summed E-state index contributed by atoms with van der Waals surface area (Å²) in [6.45, 7) is -0.0707. The normalized spacial score (nSPS) is 9.95. The van der Waals surface area contributed by atoms with E-state index in [0.29, 0.717) is 5.56 Å². The molecule has 2 aromatic carbocycles. The van der Waals surface area contributed by atoms with Crippen LogP contribution in [0.1, 0.15) is 16.7 Å². The number of rotatable bonds is 4. The highest BCUT2D eigenvalue weighted by molar-refractivity contribution is 5.78. The van der Waals surface area contributed by atoms with Crippen molar-refractivity contribution in [2.45, 2.75) is 13.0 Å². The van der Waals surface area contributed by atoms with E-state index in [-0.39, 0.29) is 24.4 Å². The quantitative estimate of drug-likeness (QED) is 0.939. The standard InChI is InChI=1S/C16H12F2N2O/c17-14-5-6-15(18)13(8-14)10-20-16(21)7-11-1-3-12(9-19)4-2-11/h1-6,8H,7,10H2,(H,20,21). The van der Waals surface area contributed by atoms with Gasteiger partial charge in [0.15, 0.2) is 0 Å². The summed E-state index contributed by atoms with van der Waals surface area (Å²) < 4.78 is 26.4. The van der Waals surface area contributed by atoms with Crippen LogP contribution in [0.15, 0.2) is 42.5 Å². The zero-order valence-electron chi connectivity index (χ0n) is 11.1. The maximum atomic E-state index is 13.4. The molecule has 3 nitrogen and oxygen atoms in total. The second-order valence-corrected chi connectivity index (χ2v) is 4.50. The molecule has 1 N–H and O–H groups in total. The first-order valence-electron chi connectivity index (χ1n) is 6.28. The van der Waals surface area contributed by atoms with E-state index in [1.54, 1.807) is 24.3 Å². The molecule has 0 saturated carbocycles. The Balaban J connectivity index is 1.92. The number of carbonyl (C=O) groups excluding carboxylic acids is 1. The molecule has 0 spiro atoms. The maximum absolute atomic E-state index is 13.4. The van der Waals surface area contributed by atoms with Crippen LogP contribution >= 0.6 is 0 Å². The number of benzene rings is 2. The van der Waals surface area contributed by atoms with Gasteiger partial charge in [0, 0.05) is 12.1 Å². The SMILES string of the molecule is N#Cc1ccc(CC(=O)NCc2cc(F)ccc2F)cc1. The predicted molar refractivity (Wildman–Crippen MR) is 73.1 cm³/mol. The Hall–Kier alpha value is -2.74. The largest absolute Gasteiger partial charge is 0.352 e. The minimum atomic E-state index is -0.560. The van der Waals surface area contributed by atoms with E-state index in [1.165, 1.54) is 0 Å². The van der Waals surface area contributed by atoms with Crippen molar-refractivity contribution in [2.24, 2.45) is 0 Å². The molecule has 0 heterocycles. The van der Waals surface area contributed by atoms with E-state index in [1.807, 2.05) is 6.07 Å². The number of nitrogens with one attached hydrogen (secondary N) is 1. The van der Waals surface area contributed by atoms with Crippen molar-refractivity contribution in [2.75, 3.05) is 0 Å². The molecule has 0 radical (unpaired) electrons. The summed E-state index contributed by atoms with van der Waals surface area (Å²) in [6, 6.07) is 11.7. The van der Waals surface area contributed by atoms with Gasteiger partial charge in [0.05, 0.1) is 18.1 Å². The average Bonchev–Trinajstić information content (AvgIpc) is 2.49. The van der Waals surface area contributed by atoms with Gasteiger partial charge in [-0.3, -0.25) is 4.79 Å². The minimum absolute atomic E-state index is 0.0707. The summed E-state index contributed by atoms with van der Waals surface area (Å²) in [5.41, 5.74) is 1.36. The van der Waals surface area contributed by atoms with Gasteiger partial charge in [0.2, 0.25) is 5.91 Å². The summed E-state index contributed by atoms with van der Waals surface area (Å²) in [6.07, 6.45) is 0.114. The topological polar surface area (TPSA) is 52.9 Å². The fraction of sp³-hybridized carbons (Fsp3) is 0.125. The lowest BCUT2D eigenvalue weighted by Crippen LogP contribution is -2.25. The molecule has 0 saturated heterocycles. The van der Waals surface area contributed by atoms with Crippen LogP contribution in [0.4, 0.5) is 8.78 Å². The Labute approximate surface area is 120 Å². The molecule has 0 fully saturated rings. The lowest BCUT2D eigenvalue weighted by atomic mass is 10.1. The molecule has 0 bridgehead atoms. The van der Waals surface area contributed by atoms with Crippen LogP contribution in [-0.4, -0.2) is 5.91 Å². The first-order valence-corrected chi connectivity index (χ1v) is 6.28. The van der Waals surface area contributed by atoms with E-state index in [0.717, 1.165) is 23.8 Å². The van der Waals surface area contributed by atoms with Crippen LogP contribution in [0.25, 0.3) is 0 Å². The summed E-state index contributed by atoms with van der Waals surface area (Å²) in [5.74, 6) is -1.41. The van der Waals surface area contributed by atoms with Crippen molar-refractivity contribution in [3.8, 4) is 6.07 Å². The van der Waals surface area contributed by atoms with Crippen molar-refractivity contribution in [3.05, 3.63) is 70.8 Å². The van der Waals surface area contributed by atoms with E-state index in [4.69, 9.17) is 5.26 Å². The van der Waals surface area contributed by atoms with Crippen molar-refractivity contribution >= 4 is 5.91 Å². The van der Waals surface area contributed by atoms with Gasteiger partial charge in [-0.25, -0.2) is 8.78 Å². The molecule has 0 aliphatic heterocycles. The Kier molecular flexibility index (Phi) is 4.62. The average molecular weight is 286 g/mol. The van der Waals surface area contributed by atoms with Gasteiger partial charge in [-0.05, 0) is 35.9 Å². The molecule has 2 rings (SSSR count). The van der Waals surface area contributed by atoms with E-state index < -0.39 is 11.6 Å². The fourth-order valence-electron chi connectivity index (χ4n) is 1.82. The number of hydrogen-bond acceptors (Lipinski definition) is 2. The zero-order valence-corrected chi connectivity index (χ0v) is 11.1. The Morgan fingerprint density at radius 1 is 1.14 bits per heavy atom. The molecule has 0 unspecified atom stereocenters.